The Morgan fingerprint density at radius 3 is 1.15 bits per heavy atom. The van der Waals surface area contributed by atoms with Gasteiger partial charge in [-0.1, -0.05) is 58.0 Å². The Morgan fingerprint density at radius 1 is 0.615 bits per heavy atom. The predicted octanol–water partition coefficient (Wildman–Crippen LogP) is 1.86. The maximum atomic E-state index is 5.70. The van der Waals surface area contributed by atoms with Crippen LogP contribution in [-0.2, 0) is 12.6 Å². The molecular formula is C6Cl5NaS. The zero-order valence-corrected chi connectivity index (χ0v) is 12.9. The topological polar surface area (TPSA) is 0 Å². The molecule has 0 spiro atoms. The van der Waals surface area contributed by atoms with Crippen LogP contribution in [0.3, 0.4) is 0 Å². The Kier molecular flexibility index (Phi) is 6.68. The quantitative estimate of drug-likeness (QED) is 0.305. The van der Waals surface area contributed by atoms with Gasteiger partial charge in [0, 0.05) is 10.0 Å². The Labute approximate surface area is 129 Å². The fourth-order valence-corrected chi connectivity index (χ4v) is 2.04. The molecule has 0 aliphatic heterocycles. The van der Waals surface area contributed by atoms with Gasteiger partial charge in [0.2, 0.25) is 0 Å². The van der Waals surface area contributed by atoms with Crippen molar-refractivity contribution in [2.45, 2.75) is 4.90 Å². The van der Waals surface area contributed by atoms with Gasteiger partial charge >= 0.3 is 29.6 Å². The van der Waals surface area contributed by atoms with Gasteiger partial charge in [-0.2, -0.15) is 0 Å². The van der Waals surface area contributed by atoms with Gasteiger partial charge in [-0.05, 0) is 0 Å². The van der Waals surface area contributed by atoms with Crippen LogP contribution in [0.2, 0.25) is 25.1 Å². The van der Waals surface area contributed by atoms with Crippen LogP contribution >= 0.6 is 58.0 Å². The third-order valence-corrected chi connectivity index (χ3v) is 4.08. The molecule has 0 radical (unpaired) electrons. The first-order chi connectivity index (χ1) is 5.46. The summed E-state index contributed by atoms with van der Waals surface area (Å²) in [7, 11) is 0. The average Bonchev–Trinajstić information content (AvgIpc) is 2.08. The first-order valence-corrected chi connectivity index (χ1v) is 4.95. The Bertz CT molecular complexity index is 235. The van der Waals surface area contributed by atoms with Gasteiger partial charge in [-0.3, -0.25) is 0 Å². The van der Waals surface area contributed by atoms with E-state index in [-0.39, 0.29) is 59.6 Å². The minimum absolute atomic E-state index is 0. The van der Waals surface area contributed by atoms with Crippen LogP contribution < -0.4 is 29.6 Å². The summed E-state index contributed by atoms with van der Waals surface area (Å²) in [6, 6.07) is 0. The van der Waals surface area contributed by atoms with Gasteiger partial charge in [0.1, 0.15) is 0 Å². The maximum absolute atomic E-state index is 5.70. The van der Waals surface area contributed by atoms with E-state index in [4.69, 9.17) is 70.6 Å². The van der Waals surface area contributed by atoms with Crippen LogP contribution in [0.4, 0.5) is 0 Å². The minimum atomic E-state index is 0. The van der Waals surface area contributed by atoms with Gasteiger partial charge in [0.15, 0.2) is 0 Å². The molecule has 0 unspecified atom stereocenters. The molecule has 0 saturated heterocycles. The SMILES string of the molecule is [Na+].[S-]c1c(Cl)c(Cl)c(Cl)c(Cl)c1Cl. The molecule has 0 saturated carbocycles. The molecular weight excluding hydrogens is 304 g/mol. The first kappa shape index (κ1) is 14.9. The predicted molar refractivity (Wildman–Crippen MR) is 57.1 cm³/mol. The summed E-state index contributed by atoms with van der Waals surface area (Å²) in [5, 5.41) is 0.717. The fraction of sp³-hybridized carbons (Fsp3) is 0. The van der Waals surface area contributed by atoms with Crippen molar-refractivity contribution in [1.29, 1.82) is 0 Å². The maximum Gasteiger partial charge on any atom is 1.00 e. The number of halogens is 5. The van der Waals surface area contributed by atoms with Crippen molar-refractivity contribution >= 4 is 70.6 Å². The van der Waals surface area contributed by atoms with E-state index in [2.05, 4.69) is 0 Å². The van der Waals surface area contributed by atoms with Crippen molar-refractivity contribution in [3.63, 3.8) is 0 Å². The molecule has 7 heteroatoms. The van der Waals surface area contributed by atoms with Crippen molar-refractivity contribution in [3.05, 3.63) is 25.1 Å². The van der Waals surface area contributed by atoms with E-state index in [1.165, 1.54) is 0 Å². The number of hydrogen-bond donors (Lipinski definition) is 0. The van der Waals surface area contributed by atoms with E-state index in [9.17, 15) is 0 Å². The normalized spacial score (nSPS) is 9.62. The van der Waals surface area contributed by atoms with Crippen molar-refractivity contribution in [1.82, 2.24) is 0 Å². The molecule has 1 aromatic carbocycles. The fourth-order valence-electron chi connectivity index (χ4n) is 0.585. The van der Waals surface area contributed by atoms with Crippen LogP contribution in [-0.4, -0.2) is 0 Å². The number of benzene rings is 1. The second kappa shape index (κ2) is 5.83. The van der Waals surface area contributed by atoms with E-state index >= 15 is 0 Å². The second-order valence-electron chi connectivity index (χ2n) is 1.90. The third-order valence-electron chi connectivity index (χ3n) is 1.17. The molecule has 0 fully saturated rings. The van der Waals surface area contributed by atoms with Crippen LogP contribution in [0.15, 0.2) is 4.90 Å². The summed E-state index contributed by atoms with van der Waals surface area (Å²) >= 11 is 33.3. The zero-order chi connectivity index (χ0) is 9.46. The molecule has 1 aromatic rings. The van der Waals surface area contributed by atoms with Crippen molar-refractivity contribution < 1.29 is 29.6 Å². The molecule has 0 amide bonds. The van der Waals surface area contributed by atoms with Crippen LogP contribution in [0.25, 0.3) is 0 Å². The summed E-state index contributed by atoms with van der Waals surface area (Å²) in [5.41, 5.74) is 0. The van der Waals surface area contributed by atoms with Gasteiger partial charge in [0.25, 0.3) is 0 Å². The van der Waals surface area contributed by atoms with Gasteiger partial charge in [-0.25, -0.2) is 0 Å². The summed E-state index contributed by atoms with van der Waals surface area (Å²) in [6.45, 7) is 0. The van der Waals surface area contributed by atoms with E-state index in [1.54, 1.807) is 0 Å². The second-order valence-corrected chi connectivity index (χ2v) is 4.20. The van der Waals surface area contributed by atoms with Crippen molar-refractivity contribution in [2.24, 2.45) is 0 Å². The van der Waals surface area contributed by atoms with E-state index in [1.807, 2.05) is 0 Å². The molecule has 0 nitrogen and oxygen atoms in total. The molecule has 0 aromatic heterocycles. The monoisotopic (exact) mass is 302 g/mol. The first-order valence-electron chi connectivity index (χ1n) is 2.65. The summed E-state index contributed by atoms with van der Waals surface area (Å²) in [4.78, 5) is 0.220. The van der Waals surface area contributed by atoms with E-state index < -0.39 is 0 Å². The Hall–Kier alpha value is 1.89. The van der Waals surface area contributed by atoms with Gasteiger partial charge in [-0.15, -0.1) is 4.90 Å². The molecule has 66 valence electrons. The molecule has 0 aliphatic rings. The van der Waals surface area contributed by atoms with Crippen LogP contribution in [0.1, 0.15) is 0 Å². The molecule has 1 rings (SSSR count). The largest absolute Gasteiger partial charge is 1.00 e. The molecule has 0 N–H and O–H groups in total. The summed E-state index contributed by atoms with van der Waals surface area (Å²) in [6.07, 6.45) is 0. The molecule has 0 bridgehead atoms. The Morgan fingerprint density at radius 2 is 0.846 bits per heavy atom. The van der Waals surface area contributed by atoms with Crippen LogP contribution in [0.5, 0.6) is 0 Å². The number of rotatable bonds is 0. The minimum Gasteiger partial charge on any atom is -0.777 e. The van der Waals surface area contributed by atoms with Gasteiger partial charge < -0.3 is 12.6 Å². The number of hydrogen-bond acceptors (Lipinski definition) is 1. The van der Waals surface area contributed by atoms with Gasteiger partial charge in [0.05, 0.1) is 15.1 Å². The van der Waals surface area contributed by atoms with Crippen molar-refractivity contribution in [2.75, 3.05) is 0 Å². The molecule has 0 atom stereocenters. The van der Waals surface area contributed by atoms with E-state index in [0.29, 0.717) is 0 Å². The standard InChI is InChI=1S/C6HCl5S.Na/c7-1-2(8)4(10)6(12)5(11)3(1)9;/h12H;/q;+1/p-1. The smallest absolute Gasteiger partial charge is 0.777 e. The molecule has 0 heterocycles. The third kappa shape index (κ3) is 2.93. The molecule has 13 heavy (non-hydrogen) atoms. The van der Waals surface area contributed by atoms with Crippen LogP contribution in [0, 0.1) is 0 Å². The van der Waals surface area contributed by atoms with Crippen molar-refractivity contribution in [3.8, 4) is 0 Å². The molecule has 0 aliphatic carbocycles. The van der Waals surface area contributed by atoms with E-state index in [0.717, 1.165) is 0 Å². The summed E-state index contributed by atoms with van der Waals surface area (Å²) < 4.78 is 0. The zero-order valence-electron chi connectivity index (χ0n) is 6.30. The summed E-state index contributed by atoms with van der Waals surface area (Å²) in [5.74, 6) is 0. The average molecular weight is 304 g/mol. The Balaban J connectivity index is 0.00000144.